The Kier molecular flexibility index (Phi) is 5.38. The second kappa shape index (κ2) is 6.39. The first-order valence-electron chi connectivity index (χ1n) is 5.82. The van der Waals surface area contributed by atoms with Crippen LogP contribution in [0, 0.1) is 13.8 Å². The number of carbonyl (C=O) groups is 1. The lowest BCUT2D eigenvalue weighted by atomic mass is 10.1. The number of hydrogen-bond donors (Lipinski definition) is 0. The van der Waals surface area contributed by atoms with E-state index in [1.165, 1.54) is 0 Å². The van der Waals surface area contributed by atoms with E-state index in [0.29, 0.717) is 10.6 Å². The SMILES string of the molecule is Cc1cc(Cl)c(C(=O)OCCCS(C)(=O)=O)cc1C. The Hall–Kier alpha value is -1.07. The van der Waals surface area contributed by atoms with E-state index < -0.39 is 15.8 Å². The van der Waals surface area contributed by atoms with E-state index in [-0.39, 0.29) is 18.8 Å². The topological polar surface area (TPSA) is 60.4 Å². The van der Waals surface area contributed by atoms with Gasteiger partial charge in [-0.1, -0.05) is 11.6 Å². The third-order valence-corrected chi connectivity index (χ3v) is 4.04. The van der Waals surface area contributed by atoms with Crippen molar-refractivity contribution in [1.29, 1.82) is 0 Å². The van der Waals surface area contributed by atoms with Crippen LogP contribution in [0.5, 0.6) is 0 Å². The zero-order chi connectivity index (χ0) is 14.6. The van der Waals surface area contributed by atoms with Gasteiger partial charge in [0.25, 0.3) is 0 Å². The van der Waals surface area contributed by atoms with Crippen molar-refractivity contribution in [3.05, 3.63) is 33.8 Å². The van der Waals surface area contributed by atoms with Crippen LogP contribution in [-0.2, 0) is 14.6 Å². The molecule has 0 atom stereocenters. The Labute approximate surface area is 118 Å². The number of aryl methyl sites for hydroxylation is 2. The van der Waals surface area contributed by atoms with Crippen LogP contribution < -0.4 is 0 Å². The molecule has 0 radical (unpaired) electrons. The molecule has 0 bridgehead atoms. The third kappa shape index (κ3) is 5.20. The maximum Gasteiger partial charge on any atom is 0.339 e. The fourth-order valence-corrected chi connectivity index (χ4v) is 2.44. The number of hydrogen-bond acceptors (Lipinski definition) is 4. The van der Waals surface area contributed by atoms with Crippen LogP contribution in [0.4, 0.5) is 0 Å². The molecule has 0 unspecified atom stereocenters. The van der Waals surface area contributed by atoms with E-state index in [0.717, 1.165) is 17.4 Å². The summed E-state index contributed by atoms with van der Waals surface area (Å²) in [5.41, 5.74) is 2.26. The molecule has 0 saturated heterocycles. The van der Waals surface area contributed by atoms with Crippen LogP contribution in [0.3, 0.4) is 0 Å². The zero-order valence-electron chi connectivity index (χ0n) is 11.2. The highest BCUT2D eigenvalue weighted by atomic mass is 35.5. The molecular formula is C13H17ClO4S. The highest BCUT2D eigenvalue weighted by Gasteiger charge is 2.13. The number of halogens is 1. The fourth-order valence-electron chi connectivity index (χ4n) is 1.50. The number of sulfone groups is 1. The minimum atomic E-state index is -3.02. The van der Waals surface area contributed by atoms with Gasteiger partial charge < -0.3 is 4.74 Å². The van der Waals surface area contributed by atoms with Crippen LogP contribution in [-0.4, -0.2) is 33.0 Å². The average molecular weight is 305 g/mol. The monoisotopic (exact) mass is 304 g/mol. The van der Waals surface area contributed by atoms with Gasteiger partial charge in [0.05, 0.1) is 22.9 Å². The summed E-state index contributed by atoms with van der Waals surface area (Å²) in [7, 11) is -3.02. The number of benzene rings is 1. The first kappa shape index (κ1) is 16.0. The van der Waals surface area contributed by atoms with E-state index in [2.05, 4.69) is 0 Å². The van der Waals surface area contributed by atoms with Crippen molar-refractivity contribution < 1.29 is 17.9 Å². The van der Waals surface area contributed by atoms with Crippen molar-refractivity contribution in [2.75, 3.05) is 18.6 Å². The van der Waals surface area contributed by atoms with E-state index >= 15 is 0 Å². The smallest absolute Gasteiger partial charge is 0.339 e. The molecule has 19 heavy (non-hydrogen) atoms. The molecule has 0 fully saturated rings. The molecule has 0 aromatic heterocycles. The number of carbonyl (C=O) groups excluding carboxylic acids is 1. The first-order valence-corrected chi connectivity index (χ1v) is 8.26. The summed E-state index contributed by atoms with van der Waals surface area (Å²) >= 11 is 5.99. The standard InChI is InChI=1S/C13H17ClO4S/c1-9-7-11(12(14)8-10(9)2)13(15)18-5-4-6-19(3,16)17/h7-8H,4-6H2,1-3H3. The summed E-state index contributed by atoms with van der Waals surface area (Å²) in [5, 5.41) is 0.344. The van der Waals surface area contributed by atoms with Gasteiger partial charge in [0.2, 0.25) is 0 Å². The molecule has 106 valence electrons. The lowest BCUT2D eigenvalue weighted by Gasteiger charge is -2.08. The van der Waals surface area contributed by atoms with Gasteiger partial charge in [-0.25, -0.2) is 13.2 Å². The maximum absolute atomic E-state index is 11.8. The Bertz CT molecular complexity index is 579. The lowest BCUT2D eigenvalue weighted by molar-refractivity contribution is 0.0506. The Morgan fingerprint density at radius 1 is 1.26 bits per heavy atom. The predicted octanol–water partition coefficient (Wildman–Crippen LogP) is 2.55. The lowest BCUT2D eigenvalue weighted by Crippen LogP contribution is -2.11. The summed E-state index contributed by atoms with van der Waals surface area (Å²) in [6.45, 7) is 3.85. The van der Waals surface area contributed by atoms with Gasteiger partial charge in [-0.2, -0.15) is 0 Å². The molecule has 0 aliphatic carbocycles. The quantitative estimate of drug-likeness (QED) is 0.619. The fraction of sp³-hybridized carbons (Fsp3) is 0.462. The van der Waals surface area contributed by atoms with Crippen LogP contribution in [0.25, 0.3) is 0 Å². The first-order chi connectivity index (χ1) is 8.70. The van der Waals surface area contributed by atoms with Crippen LogP contribution in [0.15, 0.2) is 12.1 Å². The Balaban J connectivity index is 2.62. The van der Waals surface area contributed by atoms with Crippen molar-refractivity contribution in [3.8, 4) is 0 Å². The van der Waals surface area contributed by atoms with Crippen molar-refractivity contribution >= 4 is 27.4 Å². The van der Waals surface area contributed by atoms with Crippen molar-refractivity contribution in [2.45, 2.75) is 20.3 Å². The van der Waals surface area contributed by atoms with Crippen molar-refractivity contribution in [2.24, 2.45) is 0 Å². The molecule has 0 amide bonds. The molecule has 0 aliphatic heterocycles. The van der Waals surface area contributed by atoms with E-state index in [1.54, 1.807) is 12.1 Å². The largest absolute Gasteiger partial charge is 0.462 e. The average Bonchev–Trinajstić information content (AvgIpc) is 2.28. The van der Waals surface area contributed by atoms with Gasteiger partial charge >= 0.3 is 5.97 Å². The molecule has 4 nitrogen and oxygen atoms in total. The Morgan fingerprint density at radius 2 is 1.84 bits per heavy atom. The summed E-state index contributed by atoms with van der Waals surface area (Å²) in [6.07, 6.45) is 1.43. The summed E-state index contributed by atoms with van der Waals surface area (Å²) in [4.78, 5) is 11.8. The number of ether oxygens (including phenoxy) is 1. The zero-order valence-corrected chi connectivity index (χ0v) is 12.8. The molecule has 0 spiro atoms. The number of esters is 1. The summed E-state index contributed by atoms with van der Waals surface area (Å²) in [6, 6.07) is 3.39. The third-order valence-electron chi connectivity index (χ3n) is 2.70. The molecule has 0 saturated carbocycles. The van der Waals surface area contributed by atoms with Crippen LogP contribution in [0.1, 0.15) is 27.9 Å². The molecule has 0 N–H and O–H groups in total. The number of rotatable bonds is 5. The predicted molar refractivity (Wildman–Crippen MR) is 75.5 cm³/mol. The second-order valence-corrected chi connectivity index (χ2v) is 7.20. The molecule has 1 aromatic carbocycles. The van der Waals surface area contributed by atoms with Gasteiger partial charge in [0.15, 0.2) is 0 Å². The van der Waals surface area contributed by atoms with Gasteiger partial charge in [0, 0.05) is 6.26 Å². The molecule has 0 heterocycles. The van der Waals surface area contributed by atoms with Crippen LogP contribution in [0.2, 0.25) is 5.02 Å². The second-order valence-electron chi connectivity index (χ2n) is 4.54. The van der Waals surface area contributed by atoms with E-state index in [4.69, 9.17) is 16.3 Å². The van der Waals surface area contributed by atoms with Crippen molar-refractivity contribution in [1.82, 2.24) is 0 Å². The molecule has 1 rings (SSSR count). The summed E-state index contributed by atoms with van der Waals surface area (Å²) < 4.78 is 26.9. The van der Waals surface area contributed by atoms with Crippen LogP contribution >= 0.6 is 11.6 Å². The molecule has 1 aromatic rings. The van der Waals surface area contributed by atoms with Gasteiger partial charge in [-0.05, 0) is 43.5 Å². The highest BCUT2D eigenvalue weighted by molar-refractivity contribution is 7.90. The molecule has 6 heteroatoms. The highest BCUT2D eigenvalue weighted by Crippen LogP contribution is 2.21. The maximum atomic E-state index is 11.8. The van der Waals surface area contributed by atoms with Gasteiger partial charge in [-0.3, -0.25) is 0 Å². The Morgan fingerprint density at radius 3 is 2.42 bits per heavy atom. The minimum absolute atomic E-state index is 0.000930. The van der Waals surface area contributed by atoms with E-state index in [9.17, 15) is 13.2 Å². The van der Waals surface area contributed by atoms with Gasteiger partial charge in [0.1, 0.15) is 9.84 Å². The summed E-state index contributed by atoms with van der Waals surface area (Å²) in [5.74, 6) is -0.525. The van der Waals surface area contributed by atoms with E-state index in [1.807, 2.05) is 13.8 Å². The normalized spacial score (nSPS) is 11.4. The molecule has 0 aliphatic rings. The molecular weight excluding hydrogens is 288 g/mol. The van der Waals surface area contributed by atoms with Gasteiger partial charge in [-0.15, -0.1) is 0 Å². The van der Waals surface area contributed by atoms with Crippen molar-refractivity contribution in [3.63, 3.8) is 0 Å². The minimum Gasteiger partial charge on any atom is -0.462 e.